The summed E-state index contributed by atoms with van der Waals surface area (Å²) < 4.78 is 7.38. The van der Waals surface area contributed by atoms with E-state index in [4.69, 9.17) is 4.42 Å². The first-order chi connectivity index (χ1) is 9.22. The van der Waals surface area contributed by atoms with Gasteiger partial charge in [-0.1, -0.05) is 19.9 Å². The summed E-state index contributed by atoms with van der Waals surface area (Å²) in [5.41, 5.74) is 0.971. The summed E-state index contributed by atoms with van der Waals surface area (Å²) in [4.78, 5) is 1.16. The molecule has 3 heterocycles. The number of hydrogen-bond acceptors (Lipinski definition) is 5. The van der Waals surface area contributed by atoms with Gasteiger partial charge in [0.25, 0.3) is 0 Å². The fraction of sp³-hybridized carbons (Fsp3) is 0.308. The fourth-order valence-electron chi connectivity index (χ4n) is 1.71. The van der Waals surface area contributed by atoms with Gasteiger partial charge in [-0.3, -0.25) is 4.68 Å². The molecule has 0 N–H and O–H groups in total. The maximum Gasteiger partial charge on any atom is 0.237 e. The van der Waals surface area contributed by atoms with Crippen molar-refractivity contribution in [2.45, 2.75) is 26.3 Å². The lowest BCUT2D eigenvalue weighted by Crippen LogP contribution is -2.00. The minimum Gasteiger partial charge on any atom is -0.423 e. The maximum absolute atomic E-state index is 5.57. The standard InChI is InChI=1S/C13H14N4OS/c1-9(2)13-15-14-12(18-13)8-17-6-5-10(16-17)11-4-3-7-19-11/h3-7,9H,8H2,1-2H3. The zero-order chi connectivity index (χ0) is 13.2. The highest BCUT2D eigenvalue weighted by Gasteiger charge is 2.11. The van der Waals surface area contributed by atoms with Crippen molar-refractivity contribution < 1.29 is 4.42 Å². The van der Waals surface area contributed by atoms with Crippen LogP contribution < -0.4 is 0 Å². The first-order valence-corrected chi connectivity index (χ1v) is 7.00. The van der Waals surface area contributed by atoms with Crippen LogP contribution in [0.25, 0.3) is 10.6 Å². The first kappa shape index (κ1) is 12.1. The summed E-state index contributed by atoms with van der Waals surface area (Å²) in [6.45, 7) is 4.56. The van der Waals surface area contributed by atoms with Crippen molar-refractivity contribution in [1.82, 2.24) is 20.0 Å². The van der Waals surface area contributed by atoms with E-state index in [0.717, 1.165) is 10.6 Å². The second kappa shape index (κ2) is 4.97. The number of hydrogen-bond donors (Lipinski definition) is 0. The second-order valence-corrected chi connectivity index (χ2v) is 5.51. The van der Waals surface area contributed by atoms with E-state index in [2.05, 4.69) is 21.4 Å². The van der Waals surface area contributed by atoms with Gasteiger partial charge in [0.15, 0.2) is 0 Å². The predicted molar refractivity (Wildman–Crippen MR) is 73.0 cm³/mol. The third kappa shape index (κ3) is 2.58. The highest BCUT2D eigenvalue weighted by Crippen LogP contribution is 2.22. The minimum absolute atomic E-state index is 0.251. The molecule has 98 valence electrons. The molecule has 0 aromatic carbocycles. The number of thiophene rings is 1. The Morgan fingerprint density at radius 2 is 2.21 bits per heavy atom. The Morgan fingerprint density at radius 1 is 1.32 bits per heavy atom. The molecule has 19 heavy (non-hydrogen) atoms. The van der Waals surface area contributed by atoms with Crippen molar-refractivity contribution >= 4 is 11.3 Å². The van der Waals surface area contributed by atoms with Crippen molar-refractivity contribution in [3.05, 3.63) is 41.6 Å². The lowest BCUT2D eigenvalue weighted by atomic mass is 10.2. The predicted octanol–water partition coefficient (Wildman–Crippen LogP) is 3.17. The van der Waals surface area contributed by atoms with Crippen LogP contribution in [0.2, 0.25) is 0 Å². The molecular formula is C13H14N4OS. The van der Waals surface area contributed by atoms with Crippen LogP contribution in [0.3, 0.4) is 0 Å². The molecule has 0 aliphatic carbocycles. The van der Waals surface area contributed by atoms with Gasteiger partial charge in [0, 0.05) is 12.1 Å². The number of nitrogens with zero attached hydrogens (tertiary/aromatic N) is 4. The maximum atomic E-state index is 5.57. The SMILES string of the molecule is CC(C)c1nnc(Cn2ccc(-c3cccs3)n2)o1. The van der Waals surface area contributed by atoms with Gasteiger partial charge in [0.2, 0.25) is 11.8 Å². The van der Waals surface area contributed by atoms with Crippen LogP contribution in [0.1, 0.15) is 31.5 Å². The zero-order valence-electron chi connectivity index (χ0n) is 10.8. The molecule has 0 aliphatic heterocycles. The fourth-order valence-corrected chi connectivity index (χ4v) is 2.40. The normalized spacial score (nSPS) is 11.3. The minimum atomic E-state index is 0.251. The molecule has 3 rings (SSSR count). The molecule has 0 radical (unpaired) electrons. The Kier molecular flexibility index (Phi) is 3.16. The van der Waals surface area contributed by atoms with Crippen LogP contribution in [0.5, 0.6) is 0 Å². The van der Waals surface area contributed by atoms with Crippen LogP contribution in [0, 0.1) is 0 Å². The lowest BCUT2D eigenvalue weighted by molar-refractivity contribution is 0.416. The molecule has 0 saturated carbocycles. The molecule has 0 atom stereocenters. The Labute approximate surface area is 114 Å². The van der Waals surface area contributed by atoms with E-state index in [1.165, 1.54) is 0 Å². The van der Waals surface area contributed by atoms with Crippen LogP contribution >= 0.6 is 11.3 Å². The van der Waals surface area contributed by atoms with E-state index < -0.39 is 0 Å². The summed E-state index contributed by atoms with van der Waals surface area (Å²) in [6, 6.07) is 6.07. The molecule has 0 aliphatic rings. The van der Waals surface area contributed by atoms with Crippen LogP contribution in [0.4, 0.5) is 0 Å². The van der Waals surface area contributed by atoms with E-state index in [1.807, 2.05) is 42.2 Å². The smallest absolute Gasteiger partial charge is 0.237 e. The molecule has 3 aromatic rings. The monoisotopic (exact) mass is 274 g/mol. The van der Waals surface area contributed by atoms with Gasteiger partial charge in [-0.25, -0.2) is 0 Å². The summed E-state index contributed by atoms with van der Waals surface area (Å²) in [7, 11) is 0. The van der Waals surface area contributed by atoms with Crippen molar-refractivity contribution in [2.75, 3.05) is 0 Å². The van der Waals surface area contributed by atoms with Crippen molar-refractivity contribution in [2.24, 2.45) is 0 Å². The van der Waals surface area contributed by atoms with Gasteiger partial charge >= 0.3 is 0 Å². The summed E-state index contributed by atoms with van der Waals surface area (Å²) in [6.07, 6.45) is 1.92. The molecule has 0 bridgehead atoms. The largest absolute Gasteiger partial charge is 0.423 e. The van der Waals surface area contributed by atoms with E-state index in [9.17, 15) is 0 Å². The zero-order valence-corrected chi connectivity index (χ0v) is 11.6. The summed E-state index contributed by atoms with van der Waals surface area (Å²) >= 11 is 1.68. The van der Waals surface area contributed by atoms with Crippen molar-refractivity contribution in [3.8, 4) is 10.6 Å². The van der Waals surface area contributed by atoms with Gasteiger partial charge in [0.1, 0.15) is 12.2 Å². The average Bonchev–Trinajstić information content (AvgIpc) is 3.09. The molecule has 0 fully saturated rings. The third-order valence-electron chi connectivity index (χ3n) is 2.69. The highest BCUT2D eigenvalue weighted by atomic mass is 32.1. The number of rotatable bonds is 4. The molecule has 5 nitrogen and oxygen atoms in total. The van der Waals surface area contributed by atoms with Gasteiger partial charge in [-0.2, -0.15) is 5.10 Å². The van der Waals surface area contributed by atoms with Crippen LogP contribution in [-0.2, 0) is 6.54 Å². The second-order valence-electron chi connectivity index (χ2n) is 4.56. The highest BCUT2D eigenvalue weighted by molar-refractivity contribution is 7.13. The third-order valence-corrected chi connectivity index (χ3v) is 3.58. The molecular weight excluding hydrogens is 260 g/mol. The lowest BCUT2D eigenvalue weighted by Gasteiger charge is -1.97. The Balaban J connectivity index is 1.76. The van der Waals surface area contributed by atoms with E-state index in [-0.39, 0.29) is 5.92 Å². The van der Waals surface area contributed by atoms with Gasteiger partial charge in [0.05, 0.1) is 4.88 Å². The van der Waals surface area contributed by atoms with Crippen LogP contribution in [-0.4, -0.2) is 20.0 Å². The van der Waals surface area contributed by atoms with Crippen LogP contribution in [0.15, 0.2) is 34.2 Å². The topological polar surface area (TPSA) is 56.7 Å². The van der Waals surface area contributed by atoms with E-state index >= 15 is 0 Å². The first-order valence-electron chi connectivity index (χ1n) is 6.12. The van der Waals surface area contributed by atoms with Crippen molar-refractivity contribution in [1.29, 1.82) is 0 Å². The Bertz CT molecular complexity index is 654. The van der Waals surface area contributed by atoms with E-state index in [1.54, 1.807) is 11.3 Å². The number of aromatic nitrogens is 4. The molecule has 0 amide bonds. The van der Waals surface area contributed by atoms with Gasteiger partial charge in [-0.15, -0.1) is 21.5 Å². The molecule has 0 unspecified atom stereocenters. The summed E-state index contributed by atoms with van der Waals surface area (Å²) in [5.74, 6) is 1.51. The van der Waals surface area contributed by atoms with Crippen molar-refractivity contribution in [3.63, 3.8) is 0 Å². The Morgan fingerprint density at radius 3 is 2.89 bits per heavy atom. The van der Waals surface area contributed by atoms with Gasteiger partial charge < -0.3 is 4.42 Å². The quantitative estimate of drug-likeness (QED) is 0.733. The van der Waals surface area contributed by atoms with E-state index in [0.29, 0.717) is 18.3 Å². The summed E-state index contributed by atoms with van der Waals surface area (Å²) in [5, 5.41) is 14.6. The van der Waals surface area contributed by atoms with Gasteiger partial charge in [-0.05, 0) is 17.5 Å². The molecule has 0 spiro atoms. The molecule has 6 heteroatoms. The Hall–Kier alpha value is -1.95. The molecule has 3 aromatic heterocycles. The average molecular weight is 274 g/mol. The molecule has 0 saturated heterocycles.